The van der Waals surface area contributed by atoms with Crippen LogP contribution in [0.15, 0.2) is 12.2 Å². The lowest BCUT2D eigenvalue weighted by Gasteiger charge is -2.20. The van der Waals surface area contributed by atoms with Crippen LogP contribution < -0.4 is 5.32 Å². The second-order valence-corrected chi connectivity index (χ2v) is 4.20. The van der Waals surface area contributed by atoms with Crippen LogP contribution in [0.25, 0.3) is 0 Å². The SMILES string of the molecule is CCOC(=O)/C=C/C(=O)OC[C@@H](NC(=O)OC)C(C)C. The van der Waals surface area contributed by atoms with Crippen molar-refractivity contribution in [3.05, 3.63) is 12.2 Å². The number of methoxy groups -OCH3 is 1. The Kier molecular flexibility index (Phi) is 8.82. The second kappa shape index (κ2) is 9.82. The predicted molar refractivity (Wildman–Crippen MR) is 70.9 cm³/mol. The van der Waals surface area contributed by atoms with Gasteiger partial charge in [0.25, 0.3) is 0 Å². The summed E-state index contributed by atoms with van der Waals surface area (Å²) in [5.74, 6) is -1.25. The van der Waals surface area contributed by atoms with Gasteiger partial charge in [-0.3, -0.25) is 0 Å². The molecule has 0 aliphatic rings. The van der Waals surface area contributed by atoms with Gasteiger partial charge in [-0.15, -0.1) is 0 Å². The van der Waals surface area contributed by atoms with E-state index < -0.39 is 18.0 Å². The summed E-state index contributed by atoms with van der Waals surface area (Å²) in [6, 6.07) is -0.373. The first kappa shape index (κ1) is 17.9. The molecule has 0 aromatic heterocycles. The number of carbonyl (C=O) groups excluding carboxylic acids is 3. The molecular formula is C13H21NO6. The monoisotopic (exact) mass is 287 g/mol. The molecule has 0 saturated carbocycles. The first-order valence-electron chi connectivity index (χ1n) is 6.26. The maximum absolute atomic E-state index is 11.4. The zero-order valence-corrected chi connectivity index (χ0v) is 12.2. The molecule has 0 unspecified atom stereocenters. The maximum Gasteiger partial charge on any atom is 0.407 e. The topological polar surface area (TPSA) is 90.9 Å². The van der Waals surface area contributed by atoms with E-state index in [1.165, 1.54) is 7.11 Å². The highest BCUT2D eigenvalue weighted by Gasteiger charge is 2.18. The predicted octanol–water partition coefficient (Wildman–Crippen LogP) is 1.03. The highest BCUT2D eigenvalue weighted by molar-refractivity contribution is 5.91. The van der Waals surface area contributed by atoms with Crippen LogP contribution >= 0.6 is 0 Å². The van der Waals surface area contributed by atoms with Crippen molar-refractivity contribution in [2.24, 2.45) is 5.92 Å². The van der Waals surface area contributed by atoms with Crippen LogP contribution in [0.2, 0.25) is 0 Å². The fourth-order valence-electron chi connectivity index (χ4n) is 1.16. The molecule has 0 bridgehead atoms. The number of nitrogens with one attached hydrogen (secondary N) is 1. The highest BCUT2D eigenvalue weighted by Crippen LogP contribution is 2.03. The quantitative estimate of drug-likeness (QED) is 0.427. The van der Waals surface area contributed by atoms with Gasteiger partial charge in [0.2, 0.25) is 0 Å². The average Bonchev–Trinajstić information content (AvgIpc) is 2.40. The molecule has 0 rings (SSSR count). The highest BCUT2D eigenvalue weighted by atomic mass is 16.5. The van der Waals surface area contributed by atoms with E-state index in [1.807, 2.05) is 13.8 Å². The molecule has 0 saturated heterocycles. The van der Waals surface area contributed by atoms with E-state index in [0.29, 0.717) is 0 Å². The minimum absolute atomic E-state index is 0.0151. The Morgan fingerprint density at radius 1 is 1.10 bits per heavy atom. The summed E-state index contributed by atoms with van der Waals surface area (Å²) in [5.41, 5.74) is 0. The van der Waals surface area contributed by atoms with E-state index in [2.05, 4.69) is 14.8 Å². The van der Waals surface area contributed by atoms with E-state index in [-0.39, 0.29) is 25.2 Å². The van der Waals surface area contributed by atoms with Crippen LogP contribution in [0.3, 0.4) is 0 Å². The largest absolute Gasteiger partial charge is 0.463 e. The standard InChI is InChI=1S/C13H21NO6/c1-5-19-11(15)6-7-12(16)20-8-10(9(2)3)14-13(17)18-4/h6-7,9-10H,5,8H2,1-4H3,(H,14,17)/b7-6+/t10-/m1/s1. The van der Waals surface area contributed by atoms with Crippen LogP contribution in [-0.4, -0.2) is 44.4 Å². The number of hydrogen-bond donors (Lipinski definition) is 1. The molecule has 114 valence electrons. The van der Waals surface area contributed by atoms with Gasteiger partial charge in [-0.05, 0) is 12.8 Å². The van der Waals surface area contributed by atoms with Gasteiger partial charge in [0, 0.05) is 12.2 Å². The minimum Gasteiger partial charge on any atom is -0.463 e. The normalized spacial score (nSPS) is 12.1. The van der Waals surface area contributed by atoms with Gasteiger partial charge >= 0.3 is 18.0 Å². The smallest absolute Gasteiger partial charge is 0.407 e. The number of amides is 1. The third-order valence-corrected chi connectivity index (χ3v) is 2.34. The third kappa shape index (κ3) is 8.12. The van der Waals surface area contributed by atoms with Crippen molar-refractivity contribution in [1.82, 2.24) is 5.32 Å². The summed E-state index contributed by atoms with van der Waals surface area (Å²) in [4.78, 5) is 33.5. The van der Waals surface area contributed by atoms with Crippen molar-refractivity contribution in [2.45, 2.75) is 26.8 Å². The minimum atomic E-state index is -0.685. The molecular weight excluding hydrogens is 266 g/mol. The molecule has 20 heavy (non-hydrogen) atoms. The fourth-order valence-corrected chi connectivity index (χ4v) is 1.16. The van der Waals surface area contributed by atoms with E-state index in [4.69, 9.17) is 4.74 Å². The van der Waals surface area contributed by atoms with Gasteiger partial charge in [0.1, 0.15) is 6.61 Å². The van der Waals surface area contributed by atoms with E-state index in [9.17, 15) is 14.4 Å². The summed E-state index contributed by atoms with van der Waals surface area (Å²) in [7, 11) is 1.25. The van der Waals surface area contributed by atoms with Crippen LogP contribution in [0.4, 0.5) is 4.79 Å². The molecule has 0 aliphatic heterocycles. The van der Waals surface area contributed by atoms with E-state index in [1.54, 1.807) is 6.92 Å². The van der Waals surface area contributed by atoms with Gasteiger partial charge in [-0.2, -0.15) is 0 Å². The summed E-state index contributed by atoms with van der Waals surface area (Å²) in [6.45, 7) is 5.61. The van der Waals surface area contributed by atoms with Crippen molar-refractivity contribution in [2.75, 3.05) is 20.3 Å². The van der Waals surface area contributed by atoms with Crippen molar-refractivity contribution in [1.29, 1.82) is 0 Å². The average molecular weight is 287 g/mol. The first-order valence-corrected chi connectivity index (χ1v) is 6.26. The Hall–Kier alpha value is -2.05. The Morgan fingerprint density at radius 3 is 2.10 bits per heavy atom. The molecule has 0 aliphatic carbocycles. The Bertz CT molecular complexity index is 364. The van der Waals surface area contributed by atoms with Crippen molar-refractivity contribution < 1.29 is 28.6 Å². The zero-order chi connectivity index (χ0) is 15.5. The molecule has 1 atom stereocenters. The van der Waals surface area contributed by atoms with Crippen molar-refractivity contribution >= 4 is 18.0 Å². The van der Waals surface area contributed by atoms with Crippen molar-refractivity contribution in [3.8, 4) is 0 Å². The second-order valence-electron chi connectivity index (χ2n) is 4.20. The number of alkyl carbamates (subject to hydrolysis) is 1. The molecule has 0 aromatic carbocycles. The van der Waals surface area contributed by atoms with Gasteiger partial charge in [-0.1, -0.05) is 13.8 Å². The number of carbonyl (C=O) groups is 3. The molecule has 0 aromatic rings. The zero-order valence-electron chi connectivity index (χ0n) is 12.2. The van der Waals surface area contributed by atoms with Crippen LogP contribution in [-0.2, 0) is 23.8 Å². The molecule has 7 nitrogen and oxygen atoms in total. The first-order chi connectivity index (χ1) is 9.40. The molecule has 1 amide bonds. The molecule has 0 heterocycles. The number of esters is 2. The summed E-state index contributed by atoms with van der Waals surface area (Å²) < 4.78 is 14.0. The number of rotatable bonds is 7. The molecule has 7 heteroatoms. The van der Waals surface area contributed by atoms with Crippen LogP contribution in [0.5, 0.6) is 0 Å². The lowest BCUT2D eigenvalue weighted by atomic mass is 10.1. The Balaban J connectivity index is 4.24. The van der Waals surface area contributed by atoms with Crippen molar-refractivity contribution in [3.63, 3.8) is 0 Å². The Morgan fingerprint density at radius 2 is 1.65 bits per heavy atom. The van der Waals surface area contributed by atoms with E-state index in [0.717, 1.165) is 12.2 Å². The van der Waals surface area contributed by atoms with Gasteiger partial charge in [-0.25, -0.2) is 14.4 Å². The van der Waals surface area contributed by atoms with E-state index >= 15 is 0 Å². The van der Waals surface area contributed by atoms with Gasteiger partial charge < -0.3 is 19.5 Å². The summed E-state index contributed by atoms with van der Waals surface area (Å²) in [6.07, 6.45) is 1.37. The lowest BCUT2D eigenvalue weighted by Crippen LogP contribution is -2.42. The molecule has 0 fully saturated rings. The molecule has 1 N–H and O–H groups in total. The fraction of sp³-hybridized carbons (Fsp3) is 0.615. The Labute approximate surface area is 118 Å². The summed E-state index contributed by atoms with van der Waals surface area (Å²) >= 11 is 0. The van der Waals surface area contributed by atoms with Gasteiger partial charge in [0.05, 0.1) is 19.8 Å². The third-order valence-electron chi connectivity index (χ3n) is 2.34. The van der Waals surface area contributed by atoms with Gasteiger partial charge in [0.15, 0.2) is 0 Å². The lowest BCUT2D eigenvalue weighted by molar-refractivity contribution is -0.140. The number of hydrogen-bond acceptors (Lipinski definition) is 6. The molecule has 0 radical (unpaired) electrons. The number of ether oxygens (including phenoxy) is 3. The summed E-state index contributed by atoms with van der Waals surface area (Å²) in [5, 5.41) is 2.55. The van der Waals surface area contributed by atoms with Crippen LogP contribution in [0.1, 0.15) is 20.8 Å². The maximum atomic E-state index is 11.4. The van der Waals surface area contributed by atoms with Crippen LogP contribution in [0, 0.1) is 5.92 Å². The molecule has 0 spiro atoms.